The molecule has 2 aliphatic rings. The van der Waals surface area contributed by atoms with Crippen LogP contribution >= 0.6 is 0 Å². The number of hydrogen-bond donors (Lipinski definition) is 3. The van der Waals surface area contributed by atoms with Gasteiger partial charge in [0, 0.05) is 30.4 Å². The third-order valence-corrected chi connectivity index (χ3v) is 5.29. The van der Waals surface area contributed by atoms with E-state index in [0.717, 1.165) is 11.3 Å². The first kappa shape index (κ1) is 19.7. The van der Waals surface area contributed by atoms with Gasteiger partial charge in [0.2, 0.25) is 5.95 Å². The minimum absolute atomic E-state index is 0.0288. The van der Waals surface area contributed by atoms with E-state index in [9.17, 15) is 9.18 Å². The summed E-state index contributed by atoms with van der Waals surface area (Å²) in [6.45, 7) is 3.57. The van der Waals surface area contributed by atoms with Gasteiger partial charge in [0.25, 0.3) is 0 Å². The van der Waals surface area contributed by atoms with E-state index in [1.807, 2.05) is 16.7 Å². The van der Waals surface area contributed by atoms with Crippen molar-refractivity contribution in [3.05, 3.63) is 35.9 Å². The van der Waals surface area contributed by atoms with Crippen molar-refractivity contribution in [1.29, 1.82) is 0 Å². The van der Waals surface area contributed by atoms with Gasteiger partial charge in [-0.25, -0.2) is 19.2 Å². The molecule has 0 aromatic carbocycles. The van der Waals surface area contributed by atoms with E-state index in [1.54, 1.807) is 26.1 Å². The average molecular weight is 429 g/mol. The van der Waals surface area contributed by atoms with E-state index in [2.05, 4.69) is 30.8 Å². The molecule has 1 amide bonds. The molecule has 31 heavy (non-hydrogen) atoms. The minimum Gasteiger partial charge on any atom is -0.441 e. The summed E-state index contributed by atoms with van der Waals surface area (Å²) in [5.41, 5.74) is 2.31. The summed E-state index contributed by atoms with van der Waals surface area (Å²) in [6.07, 6.45) is 1.93. The molecule has 3 aromatic heterocycles. The number of halogens is 1. The molecule has 0 bridgehead atoms. The number of alkyl halides is 1. The second-order valence-corrected chi connectivity index (χ2v) is 8.21. The first-order valence-corrected chi connectivity index (χ1v) is 10.4. The maximum Gasteiger partial charge on any atom is 0.407 e. The van der Waals surface area contributed by atoms with Gasteiger partial charge in [-0.1, -0.05) is 0 Å². The van der Waals surface area contributed by atoms with Gasteiger partial charge in [0.15, 0.2) is 18.1 Å². The topological polar surface area (TPSA) is 118 Å². The molecule has 4 heterocycles. The number of amides is 1. The van der Waals surface area contributed by atoms with Crippen LogP contribution in [0.3, 0.4) is 0 Å². The summed E-state index contributed by atoms with van der Waals surface area (Å²) in [7, 11) is 0. The highest BCUT2D eigenvalue weighted by molar-refractivity contribution is 5.67. The van der Waals surface area contributed by atoms with Gasteiger partial charge < -0.3 is 20.1 Å². The molecule has 3 aromatic rings. The number of nitrogens with one attached hydrogen (secondary N) is 3. The molecule has 5 rings (SSSR count). The van der Waals surface area contributed by atoms with Crippen LogP contribution in [0, 0.1) is 0 Å². The largest absolute Gasteiger partial charge is 0.441 e. The van der Waals surface area contributed by atoms with Crippen LogP contribution in [-0.2, 0) is 9.47 Å². The molecule has 1 aliphatic carbocycles. The second kappa shape index (κ2) is 7.80. The number of aromatic nitrogens is 5. The molecular formula is C20H24FN7O3. The number of hydrogen-bond acceptors (Lipinski definition) is 7. The van der Waals surface area contributed by atoms with E-state index in [-0.39, 0.29) is 12.6 Å². The highest BCUT2D eigenvalue weighted by Crippen LogP contribution is 2.39. The number of imidazole rings is 1. The van der Waals surface area contributed by atoms with Crippen LogP contribution in [0.2, 0.25) is 0 Å². The van der Waals surface area contributed by atoms with Gasteiger partial charge in [-0.3, -0.25) is 9.50 Å². The van der Waals surface area contributed by atoms with E-state index < -0.39 is 24.5 Å². The highest BCUT2D eigenvalue weighted by atomic mass is 19.1. The Labute approximate surface area is 177 Å². The number of carbonyl (C=O) groups excluding carboxylic acids is 1. The van der Waals surface area contributed by atoms with Gasteiger partial charge in [-0.15, -0.1) is 0 Å². The zero-order valence-corrected chi connectivity index (χ0v) is 17.2. The summed E-state index contributed by atoms with van der Waals surface area (Å²) >= 11 is 0. The van der Waals surface area contributed by atoms with Crippen molar-refractivity contribution >= 4 is 23.5 Å². The molecule has 10 nitrogen and oxygen atoms in total. The predicted octanol–water partition coefficient (Wildman–Crippen LogP) is 2.99. The number of nitrogens with zero attached hydrogens (tertiary/aromatic N) is 4. The Balaban J connectivity index is 1.27. The molecular weight excluding hydrogens is 405 g/mol. The number of rotatable bonds is 6. The molecule has 0 unspecified atom stereocenters. The van der Waals surface area contributed by atoms with Gasteiger partial charge in [-0.2, -0.15) is 5.10 Å². The molecule has 0 radical (unpaired) electrons. The smallest absolute Gasteiger partial charge is 0.407 e. The lowest BCUT2D eigenvalue weighted by molar-refractivity contribution is 0.0615. The Kier molecular flexibility index (Phi) is 4.97. The molecule has 1 saturated carbocycles. The molecule has 2 fully saturated rings. The maximum absolute atomic E-state index is 14.8. The van der Waals surface area contributed by atoms with Crippen molar-refractivity contribution in [2.75, 3.05) is 11.9 Å². The first-order valence-electron chi connectivity index (χ1n) is 10.4. The summed E-state index contributed by atoms with van der Waals surface area (Å²) < 4.78 is 27.4. The van der Waals surface area contributed by atoms with E-state index >= 15 is 0 Å². The quantitative estimate of drug-likeness (QED) is 0.551. The maximum atomic E-state index is 14.8. The Bertz CT molecular complexity index is 1090. The minimum atomic E-state index is -1.51. The summed E-state index contributed by atoms with van der Waals surface area (Å²) in [4.78, 5) is 20.8. The van der Waals surface area contributed by atoms with Crippen LogP contribution in [0.1, 0.15) is 50.1 Å². The summed E-state index contributed by atoms with van der Waals surface area (Å²) in [5, 5.41) is 12.7. The third-order valence-electron chi connectivity index (χ3n) is 5.29. The number of carbonyl (C=O) groups is 1. The van der Waals surface area contributed by atoms with Gasteiger partial charge in [0.05, 0.1) is 18.0 Å². The molecule has 1 aliphatic heterocycles. The van der Waals surface area contributed by atoms with Crippen molar-refractivity contribution in [2.24, 2.45) is 0 Å². The lowest BCUT2D eigenvalue weighted by atomic mass is 10.1. The van der Waals surface area contributed by atoms with Crippen LogP contribution in [0.25, 0.3) is 5.65 Å². The normalized spacial score (nSPS) is 23.4. The zero-order valence-electron chi connectivity index (χ0n) is 17.2. The van der Waals surface area contributed by atoms with Gasteiger partial charge in [0.1, 0.15) is 11.8 Å². The van der Waals surface area contributed by atoms with Crippen LogP contribution in [-0.4, -0.2) is 55.6 Å². The predicted molar refractivity (Wildman–Crippen MR) is 109 cm³/mol. The average Bonchev–Trinajstić information content (AvgIpc) is 3.14. The standard InChI is InChI=1S/C20H24FN7O3/c1-10(2)23-20(29)31-14-9-30-18(17(14)21)12-7-15(27-26-12)25-19-22-6-5-16-24-13(8-28(16)19)11-3-4-11/h5-8,10-11,14,17-18H,3-4,9H2,1-2H3,(H,23,29)(H2,22,25,26,27)/t14-,17-,18-/m1/s1. The van der Waals surface area contributed by atoms with E-state index in [4.69, 9.17) is 9.47 Å². The Morgan fingerprint density at radius 2 is 2.26 bits per heavy atom. The van der Waals surface area contributed by atoms with Crippen LogP contribution in [0.5, 0.6) is 0 Å². The number of H-pyrrole nitrogens is 1. The fraction of sp³-hybridized carbons (Fsp3) is 0.500. The molecule has 3 atom stereocenters. The monoisotopic (exact) mass is 429 g/mol. The van der Waals surface area contributed by atoms with Crippen LogP contribution < -0.4 is 10.6 Å². The number of aromatic amines is 1. The molecule has 164 valence electrons. The van der Waals surface area contributed by atoms with Gasteiger partial charge >= 0.3 is 6.09 Å². The Morgan fingerprint density at radius 1 is 1.42 bits per heavy atom. The number of alkyl carbamates (subject to hydrolysis) is 1. The molecule has 0 spiro atoms. The van der Waals surface area contributed by atoms with Crippen molar-refractivity contribution in [1.82, 2.24) is 29.9 Å². The SMILES string of the molecule is CC(C)NC(=O)O[C@@H]1CO[C@H](c2cc(Nc3nccc4nc(C5CC5)cn34)n[nH]2)[C@@H]1F. The summed E-state index contributed by atoms with van der Waals surface area (Å²) in [6, 6.07) is 3.41. The van der Waals surface area contributed by atoms with Crippen LogP contribution in [0.15, 0.2) is 24.5 Å². The van der Waals surface area contributed by atoms with Crippen molar-refractivity contribution in [3.8, 4) is 0 Å². The van der Waals surface area contributed by atoms with Crippen LogP contribution in [0.4, 0.5) is 21.0 Å². The summed E-state index contributed by atoms with van der Waals surface area (Å²) in [5.74, 6) is 1.56. The van der Waals surface area contributed by atoms with E-state index in [1.165, 1.54) is 12.8 Å². The lowest BCUT2D eigenvalue weighted by Gasteiger charge is -2.16. The van der Waals surface area contributed by atoms with Crippen molar-refractivity contribution < 1.29 is 18.7 Å². The second-order valence-electron chi connectivity index (χ2n) is 8.21. The number of anilines is 2. The van der Waals surface area contributed by atoms with E-state index in [0.29, 0.717) is 23.4 Å². The first-order chi connectivity index (χ1) is 15.0. The molecule has 11 heteroatoms. The Hall–Kier alpha value is -3.21. The fourth-order valence-electron chi connectivity index (χ4n) is 3.61. The fourth-order valence-corrected chi connectivity index (χ4v) is 3.61. The van der Waals surface area contributed by atoms with Crippen molar-refractivity contribution in [3.63, 3.8) is 0 Å². The molecule has 1 saturated heterocycles. The Morgan fingerprint density at radius 3 is 3.03 bits per heavy atom. The third kappa shape index (κ3) is 4.05. The number of ether oxygens (including phenoxy) is 2. The number of fused-ring (bicyclic) bond motifs is 1. The lowest BCUT2D eigenvalue weighted by Crippen LogP contribution is -2.36. The highest BCUT2D eigenvalue weighted by Gasteiger charge is 2.42. The zero-order chi connectivity index (χ0) is 21.5. The van der Waals surface area contributed by atoms with Crippen molar-refractivity contribution in [2.45, 2.75) is 57.0 Å². The molecule has 3 N–H and O–H groups in total. The van der Waals surface area contributed by atoms with Gasteiger partial charge in [-0.05, 0) is 32.8 Å².